The highest BCUT2D eigenvalue weighted by Crippen LogP contribution is 2.29. The first-order chi connectivity index (χ1) is 10.6. The van der Waals surface area contributed by atoms with Crippen molar-refractivity contribution in [3.63, 3.8) is 0 Å². The van der Waals surface area contributed by atoms with Crippen LogP contribution < -0.4 is 0 Å². The Balaban J connectivity index is 1.78. The molecule has 1 N–H and O–H groups in total. The van der Waals surface area contributed by atoms with Gasteiger partial charge >= 0.3 is 0 Å². The van der Waals surface area contributed by atoms with Crippen LogP contribution in [-0.2, 0) is 11.2 Å². The molecule has 1 aliphatic heterocycles. The maximum absolute atomic E-state index is 12.0. The number of aromatic amines is 1. The van der Waals surface area contributed by atoms with E-state index in [0.29, 0.717) is 6.42 Å². The molecule has 0 bridgehead atoms. The number of likely N-dealkylation sites (tertiary alicyclic amines) is 1. The number of aryl methyl sites for hydroxylation is 1. The molecule has 0 saturated carbocycles. The van der Waals surface area contributed by atoms with Crippen LogP contribution in [0.5, 0.6) is 0 Å². The Morgan fingerprint density at radius 3 is 2.64 bits per heavy atom. The molecule has 1 fully saturated rings. The molecule has 1 saturated heterocycles. The molecule has 2 aromatic rings. The summed E-state index contributed by atoms with van der Waals surface area (Å²) in [5.41, 5.74) is 3.49. The van der Waals surface area contributed by atoms with Crippen molar-refractivity contribution in [2.75, 3.05) is 6.54 Å². The SMILES string of the molecule is CCc1ccc(-c2cnc([C@@H]3CC(=O)N(C(C)C)C3)[nH]2)cc1. The van der Waals surface area contributed by atoms with Crippen molar-refractivity contribution < 1.29 is 4.79 Å². The molecule has 1 aliphatic rings. The minimum absolute atomic E-state index is 0.179. The van der Waals surface area contributed by atoms with Gasteiger partial charge in [-0.2, -0.15) is 0 Å². The fraction of sp³-hybridized carbons (Fsp3) is 0.444. The number of nitrogens with zero attached hydrogens (tertiary/aromatic N) is 2. The van der Waals surface area contributed by atoms with Crippen LogP contribution in [0.4, 0.5) is 0 Å². The third-order valence-electron chi connectivity index (χ3n) is 4.44. The van der Waals surface area contributed by atoms with Crippen molar-refractivity contribution in [3.8, 4) is 11.3 Å². The molecule has 0 spiro atoms. The largest absolute Gasteiger partial charge is 0.342 e. The van der Waals surface area contributed by atoms with Gasteiger partial charge in [-0.05, 0) is 31.4 Å². The number of nitrogens with one attached hydrogen (secondary N) is 1. The van der Waals surface area contributed by atoms with Crippen LogP contribution in [0.1, 0.15) is 44.5 Å². The number of carbonyl (C=O) groups is 1. The second-order valence-corrected chi connectivity index (χ2v) is 6.27. The Bertz CT molecular complexity index is 657. The predicted molar refractivity (Wildman–Crippen MR) is 87.6 cm³/mol. The zero-order valence-corrected chi connectivity index (χ0v) is 13.5. The first kappa shape index (κ1) is 14.8. The third kappa shape index (κ3) is 2.78. The fourth-order valence-electron chi connectivity index (χ4n) is 3.02. The number of carbonyl (C=O) groups excluding carboxylic acids is 1. The Morgan fingerprint density at radius 1 is 1.32 bits per heavy atom. The third-order valence-corrected chi connectivity index (χ3v) is 4.44. The molecule has 4 heteroatoms. The highest BCUT2D eigenvalue weighted by Gasteiger charge is 2.33. The lowest BCUT2D eigenvalue weighted by atomic mass is 10.1. The van der Waals surface area contributed by atoms with E-state index in [0.717, 1.165) is 30.0 Å². The summed E-state index contributed by atoms with van der Waals surface area (Å²) < 4.78 is 0. The monoisotopic (exact) mass is 297 g/mol. The lowest BCUT2D eigenvalue weighted by Crippen LogP contribution is -2.31. The van der Waals surface area contributed by atoms with E-state index in [9.17, 15) is 4.79 Å². The standard InChI is InChI=1S/C18H23N3O/c1-4-13-5-7-14(8-6-13)16-10-19-18(20-16)15-9-17(22)21(11-15)12(2)3/h5-8,10,12,15H,4,9,11H2,1-3H3,(H,19,20)/t15-/m1/s1. The number of hydrogen-bond donors (Lipinski definition) is 1. The van der Waals surface area contributed by atoms with Crippen LogP contribution in [0, 0.1) is 0 Å². The van der Waals surface area contributed by atoms with Gasteiger partial charge in [0.2, 0.25) is 5.91 Å². The van der Waals surface area contributed by atoms with Crippen molar-refractivity contribution >= 4 is 5.91 Å². The molecule has 2 heterocycles. The number of hydrogen-bond acceptors (Lipinski definition) is 2. The van der Waals surface area contributed by atoms with E-state index in [-0.39, 0.29) is 17.9 Å². The molecule has 1 aromatic heterocycles. The number of H-pyrrole nitrogens is 1. The van der Waals surface area contributed by atoms with Gasteiger partial charge in [-0.3, -0.25) is 4.79 Å². The van der Waals surface area contributed by atoms with Crippen LogP contribution in [0.2, 0.25) is 0 Å². The average molecular weight is 297 g/mol. The van der Waals surface area contributed by atoms with Gasteiger partial charge < -0.3 is 9.88 Å². The maximum atomic E-state index is 12.0. The predicted octanol–water partition coefficient (Wildman–Crippen LogP) is 3.36. The van der Waals surface area contributed by atoms with Gasteiger partial charge in [0, 0.05) is 24.9 Å². The summed E-state index contributed by atoms with van der Waals surface area (Å²) in [7, 11) is 0. The average Bonchev–Trinajstić information content (AvgIpc) is 3.14. The normalized spacial score (nSPS) is 18.5. The van der Waals surface area contributed by atoms with Gasteiger partial charge in [0.25, 0.3) is 0 Å². The molecule has 1 amide bonds. The molecule has 1 atom stereocenters. The first-order valence-electron chi connectivity index (χ1n) is 8.02. The van der Waals surface area contributed by atoms with E-state index in [1.807, 2.05) is 11.1 Å². The van der Waals surface area contributed by atoms with Gasteiger partial charge in [-0.1, -0.05) is 31.2 Å². The van der Waals surface area contributed by atoms with E-state index < -0.39 is 0 Å². The molecule has 4 nitrogen and oxygen atoms in total. The van der Waals surface area contributed by atoms with Crippen LogP contribution >= 0.6 is 0 Å². The molecule has 0 unspecified atom stereocenters. The highest BCUT2D eigenvalue weighted by atomic mass is 16.2. The van der Waals surface area contributed by atoms with Crippen LogP contribution in [0.3, 0.4) is 0 Å². The van der Waals surface area contributed by atoms with E-state index in [1.54, 1.807) is 0 Å². The van der Waals surface area contributed by atoms with E-state index in [4.69, 9.17) is 0 Å². The summed E-state index contributed by atoms with van der Waals surface area (Å²) in [4.78, 5) is 21.9. The number of imidazole rings is 1. The van der Waals surface area contributed by atoms with Crippen LogP contribution in [0.25, 0.3) is 11.3 Å². The van der Waals surface area contributed by atoms with E-state index >= 15 is 0 Å². The minimum Gasteiger partial charge on any atom is -0.342 e. The van der Waals surface area contributed by atoms with Crippen molar-refractivity contribution in [1.82, 2.24) is 14.9 Å². The molecular weight excluding hydrogens is 274 g/mol. The summed E-state index contributed by atoms with van der Waals surface area (Å²) in [6.07, 6.45) is 3.47. The minimum atomic E-state index is 0.179. The van der Waals surface area contributed by atoms with Gasteiger partial charge in [0.05, 0.1) is 11.9 Å². The van der Waals surface area contributed by atoms with Crippen LogP contribution in [0.15, 0.2) is 30.5 Å². The number of amides is 1. The fourth-order valence-corrected chi connectivity index (χ4v) is 3.02. The molecular formula is C18H23N3O. The second kappa shape index (κ2) is 5.95. The lowest BCUT2D eigenvalue weighted by Gasteiger charge is -2.20. The summed E-state index contributed by atoms with van der Waals surface area (Å²) >= 11 is 0. The number of rotatable bonds is 4. The summed E-state index contributed by atoms with van der Waals surface area (Å²) in [5.74, 6) is 1.33. The molecule has 3 rings (SSSR count). The van der Waals surface area contributed by atoms with Gasteiger partial charge in [0.1, 0.15) is 5.82 Å². The summed E-state index contributed by atoms with van der Waals surface area (Å²) in [6.45, 7) is 7.03. The van der Waals surface area contributed by atoms with Crippen molar-refractivity contribution in [1.29, 1.82) is 0 Å². The topological polar surface area (TPSA) is 49.0 Å². The summed E-state index contributed by atoms with van der Waals surface area (Å²) in [6, 6.07) is 8.80. The molecule has 0 radical (unpaired) electrons. The molecule has 22 heavy (non-hydrogen) atoms. The smallest absolute Gasteiger partial charge is 0.223 e. The van der Waals surface area contributed by atoms with Crippen LogP contribution in [-0.4, -0.2) is 33.4 Å². The number of aromatic nitrogens is 2. The Morgan fingerprint density at radius 2 is 2.05 bits per heavy atom. The lowest BCUT2D eigenvalue weighted by molar-refractivity contribution is -0.129. The maximum Gasteiger partial charge on any atom is 0.223 e. The Hall–Kier alpha value is -2.10. The second-order valence-electron chi connectivity index (χ2n) is 6.27. The molecule has 1 aromatic carbocycles. The Kier molecular flexibility index (Phi) is 4.01. The van der Waals surface area contributed by atoms with Gasteiger partial charge in [0.15, 0.2) is 0 Å². The van der Waals surface area contributed by atoms with Crippen molar-refractivity contribution in [2.24, 2.45) is 0 Å². The zero-order chi connectivity index (χ0) is 15.7. The van der Waals surface area contributed by atoms with Gasteiger partial charge in [-0.25, -0.2) is 4.98 Å². The first-order valence-corrected chi connectivity index (χ1v) is 8.02. The van der Waals surface area contributed by atoms with Crippen molar-refractivity contribution in [3.05, 3.63) is 41.9 Å². The summed E-state index contributed by atoms with van der Waals surface area (Å²) in [5, 5.41) is 0. The number of benzene rings is 1. The van der Waals surface area contributed by atoms with Gasteiger partial charge in [-0.15, -0.1) is 0 Å². The Labute approximate surface area is 131 Å². The quantitative estimate of drug-likeness (QED) is 0.940. The van der Waals surface area contributed by atoms with E-state index in [2.05, 4.69) is 55.0 Å². The molecule has 0 aliphatic carbocycles. The zero-order valence-electron chi connectivity index (χ0n) is 13.5. The highest BCUT2D eigenvalue weighted by molar-refractivity contribution is 5.79. The van der Waals surface area contributed by atoms with Crippen molar-refractivity contribution in [2.45, 2.75) is 45.6 Å². The van der Waals surface area contributed by atoms with E-state index in [1.165, 1.54) is 5.56 Å². The molecule has 116 valence electrons.